The number of hydrogen-bond acceptors (Lipinski definition) is 10. The molecule has 5 heterocycles. The molecule has 3 fully saturated rings. The Bertz CT molecular complexity index is 1830. The SMILES string of the molecule is CCC(=O)Cn1c(=O)c2c(ncn2C2(C(=O)Nc3cncc(-c4cnc(N5CC6CC6C5)nc4)n3)CC2)n(C)c1=O. The fraction of sp³-hybridized carbons (Fsp3) is 0.444. The van der Waals surface area contributed by atoms with Gasteiger partial charge in [-0.25, -0.2) is 24.7 Å². The van der Waals surface area contributed by atoms with E-state index in [2.05, 4.69) is 35.1 Å². The van der Waals surface area contributed by atoms with Crippen LogP contribution in [0.4, 0.5) is 11.8 Å². The lowest BCUT2D eigenvalue weighted by Crippen LogP contribution is -2.42. The van der Waals surface area contributed by atoms with Crippen molar-refractivity contribution in [3.63, 3.8) is 0 Å². The second-order valence-corrected chi connectivity index (χ2v) is 11.1. The standard InChI is InChI=1S/C27H28N10O4/c1-3-18(38)13-36-23(39)21-22(34(2)26(36)41)31-14-37(21)27(4-5-27)24(40)33-20-10-28-9-19(32-20)17-7-29-25(30-8-17)35-11-15-6-16(15)12-35/h7-10,14-16H,3-6,11-13H2,1-2H3,(H,32,33,40). The number of fused-ring (bicyclic) bond motifs is 2. The molecule has 0 aromatic carbocycles. The van der Waals surface area contributed by atoms with Crippen LogP contribution in [0.2, 0.25) is 0 Å². The second kappa shape index (κ2) is 9.14. The lowest BCUT2D eigenvalue weighted by molar-refractivity contribution is -0.120. The number of piperidine rings is 1. The molecule has 2 saturated carbocycles. The van der Waals surface area contributed by atoms with Crippen LogP contribution in [0.3, 0.4) is 0 Å². The molecule has 2 aliphatic carbocycles. The Morgan fingerprint density at radius 1 is 1.05 bits per heavy atom. The average molecular weight is 557 g/mol. The van der Waals surface area contributed by atoms with Crippen LogP contribution in [0.1, 0.15) is 32.6 Å². The maximum Gasteiger partial charge on any atom is 0.332 e. The van der Waals surface area contributed by atoms with Gasteiger partial charge in [0.15, 0.2) is 22.8 Å². The summed E-state index contributed by atoms with van der Waals surface area (Å²) in [5.74, 6) is 1.87. The zero-order valence-corrected chi connectivity index (χ0v) is 22.6. The van der Waals surface area contributed by atoms with E-state index >= 15 is 0 Å². The van der Waals surface area contributed by atoms with E-state index in [-0.39, 0.29) is 41.6 Å². The summed E-state index contributed by atoms with van der Waals surface area (Å²) in [6, 6.07) is 0. The topological polar surface area (TPSA) is 163 Å². The quantitative estimate of drug-likeness (QED) is 0.327. The van der Waals surface area contributed by atoms with Crippen LogP contribution >= 0.6 is 0 Å². The summed E-state index contributed by atoms with van der Waals surface area (Å²) in [4.78, 5) is 76.1. The van der Waals surface area contributed by atoms with Crippen LogP contribution in [-0.2, 0) is 28.7 Å². The molecular formula is C27H28N10O4. The fourth-order valence-electron chi connectivity index (χ4n) is 5.69. The summed E-state index contributed by atoms with van der Waals surface area (Å²) in [6.45, 7) is 3.33. The van der Waals surface area contributed by atoms with E-state index in [4.69, 9.17) is 0 Å². The number of aryl methyl sites for hydroxylation is 1. The predicted molar refractivity (Wildman–Crippen MR) is 147 cm³/mol. The Morgan fingerprint density at radius 2 is 1.78 bits per heavy atom. The predicted octanol–water partition coefficient (Wildman–Crippen LogP) is 0.707. The molecular weight excluding hydrogens is 528 g/mol. The highest BCUT2D eigenvalue weighted by Gasteiger charge is 2.53. The van der Waals surface area contributed by atoms with Gasteiger partial charge in [0.2, 0.25) is 5.95 Å². The summed E-state index contributed by atoms with van der Waals surface area (Å²) in [5.41, 5.74) is -0.952. The first kappa shape index (κ1) is 25.2. The molecule has 1 aliphatic heterocycles. The first-order valence-electron chi connectivity index (χ1n) is 13.7. The second-order valence-electron chi connectivity index (χ2n) is 11.1. The molecule has 4 aromatic rings. The van der Waals surface area contributed by atoms with E-state index in [1.807, 2.05) is 0 Å². The van der Waals surface area contributed by atoms with Gasteiger partial charge in [0.05, 0.1) is 31.0 Å². The van der Waals surface area contributed by atoms with Gasteiger partial charge in [-0.15, -0.1) is 0 Å². The van der Waals surface area contributed by atoms with Crippen molar-refractivity contribution in [1.82, 2.24) is 38.6 Å². The lowest BCUT2D eigenvalue weighted by atomic mass is 10.2. The van der Waals surface area contributed by atoms with E-state index in [1.165, 1.54) is 35.1 Å². The van der Waals surface area contributed by atoms with Gasteiger partial charge >= 0.3 is 5.69 Å². The number of imidazole rings is 1. The Labute approximate surface area is 233 Å². The van der Waals surface area contributed by atoms with Crippen molar-refractivity contribution in [1.29, 1.82) is 0 Å². The summed E-state index contributed by atoms with van der Waals surface area (Å²) in [7, 11) is 1.49. The molecule has 2 unspecified atom stereocenters. The number of anilines is 2. The minimum absolute atomic E-state index is 0.0935. The molecule has 3 aliphatic rings. The van der Waals surface area contributed by atoms with Crippen molar-refractivity contribution in [2.75, 3.05) is 23.3 Å². The molecule has 7 rings (SSSR count). The molecule has 14 heteroatoms. The third kappa shape index (κ3) is 4.12. The van der Waals surface area contributed by atoms with Crippen LogP contribution in [0.25, 0.3) is 22.4 Å². The molecule has 1 N–H and O–H groups in total. The number of amides is 1. The zero-order chi connectivity index (χ0) is 28.5. The van der Waals surface area contributed by atoms with E-state index in [1.54, 1.807) is 25.5 Å². The van der Waals surface area contributed by atoms with E-state index < -0.39 is 16.8 Å². The van der Waals surface area contributed by atoms with Gasteiger partial charge in [-0.3, -0.25) is 28.5 Å². The molecule has 0 radical (unpaired) electrons. The molecule has 14 nitrogen and oxygen atoms in total. The van der Waals surface area contributed by atoms with Gasteiger partial charge < -0.3 is 14.8 Å². The smallest absolute Gasteiger partial charge is 0.332 e. The Hall–Kier alpha value is -4.75. The van der Waals surface area contributed by atoms with Crippen molar-refractivity contribution < 1.29 is 9.59 Å². The number of nitrogens with zero attached hydrogens (tertiary/aromatic N) is 9. The van der Waals surface area contributed by atoms with Gasteiger partial charge in [0.25, 0.3) is 11.5 Å². The number of carbonyl (C=O) groups excluding carboxylic acids is 2. The third-order valence-electron chi connectivity index (χ3n) is 8.44. The highest BCUT2D eigenvalue weighted by atomic mass is 16.2. The Kier molecular flexibility index (Phi) is 5.63. The van der Waals surface area contributed by atoms with Crippen molar-refractivity contribution >= 4 is 34.6 Å². The lowest BCUT2D eigenvalue weighted by Gasteiger charge is -2.18. The van der Waals surface area contributed by atoms with Crippen LogP contribution in [0.5, 0.6) is 0 Å². The van der Waals surface area contributed by atoms with E-state index in [0.29, 0.717) is 30.0 Å². The van der Waals surface area contributed by atoms with Crippen LogP contribution < -0.4 is 21.5 Å². The van der Waals surface area contributed by atoms with Crippen molar-refractivity contribution in [2.24, 2.45) is 18.9 Å². The number of ketones is 1. The van der Waals surface area contributed by atoms with Crippen LogP contribution in [0.15, 0.2) is 40.7 Å². The number of Topliss-reactive ketones (excluding diaryl/α,β-unsaturated/α-hetero) is 1. The molecule has 1 saturated heterocycles. The molecule has 41 heavy (non-hydrogen) atoms. The first-order chi connectivity index (χ1) is 19.8. The molecule has 210 valence electrons. The molecule has 2 atom stereocenters. The number of nitrogens with one attached hydrogen (secondary N) is 1. The highest BCUT2D eigenvalue weighted by molar-refractivity contribution is 5.99. The summed E-state index contributed by atoms with van der Waals surface area (Å²) in [5, 5.41) is 2.83. The number of aromatic nitrogens is 8. The minimum Gasteiger partial charge on any atom is -0.340 e. The van der Waals surface area contributed by atoms with Gasteiger partial charge in [0, 0.05) is 44.5 Å². The van der Waals surface area contributed by atoms with Gasteiger partial charge in [-0.2, -0.15) is 0 Å². The van der Waals surface area contributed by atoms with Crippen molar-refractivity contribution in [3.05, 3.63) is 52.0 Å². The van der Waals surface area contributed by atoms with Crippen molar-refractivity contribution in [3.8, 4) is 11.3 Å². The third-order valence-corrected chi connectivity index (χ3v) is 8.44. The zero-order valence-electron chi connectivity index (χ0n) is 22.6. The van der Waals surface area contributed by atoms with Gasteiger partial charge in [-0.05, 0) is 31.1 Å². The monoisotopic (exact) mass is 556 g/mol. The summed E-state index contributed by atoms with van der Waals surface area (Å²) >= 11 is 0. The summed E-state index contributed by atoms with van der Waals surface area (Å²) in [6.07, 6.45) is 10.3. The largest absolute Gasteiger partial charge is 0.340 e. The van der Waals surface area contributed by atoms with Gasteiger partial charge in [-0.1, -0.05) is 6.92 Å². The molecule has 4 aromatic heterocycles. The molecule has 0 spiro atoms. The maximum atomic E-state index is 13.6. The fourth-order valence-corrected chi connectivity index (χ4v) is 5.69. The molecule has 0 bridgehead atoms. The Morgan fingerprint density at radius 3 is 2.46 bits per heavy atom. The Balaban J connectivity index is 1.15. The van der Waals surface area contributed by atoms with E-state index in [0.717, 1.165) is 29.5 Å². The van der Waals surface area contributed by atoms with Crippen molar-refractivity contribution in [2.45, 2.75) is 44.7 Å². The van der Waals surface area contributed by atoms with Gasteiger partial charge in [0.1, 0.15) is 5.54 Å². The molecule has 1 amide bonds. The summed E-state index contributed by atoms with van der Waals surface area (Å²) < 4.78 is 3.63. The number of rotatable bonds is 8. The number of carbonyl (C=O) groups is 2. The van der Waals surface area contributed by atoms with E-state index in [9.17, 15) is 19.2 Å². The maximum absolute atomic E-state index is 13.6. The van der Waals surface area contributed by atoms with Crippen LogP contribution in [0, 0.1) is 11.8 Å². The van der Waals surface area contributed by atoms with Crippen LogP contribution in [-0.4, -0.2) is 63.4 Å². The first-order valence-corrected chi connectivity index (χ1v) is 13.7. The highest BCUT2D eigenvalue weighted by Crippen LogP contribution is 2.46. The minimum atomic E-state index is -1.09. The normalized spacial score (nSPS) is 20.2. The number of hydrogen-bond donors (Lipinski definition) is 1. The average Bonchev–Trinajstić information content (AvgIpc) is 3.86.